The molecular formula is C23H25BN6. The fraction of sp³-hybridized carbons (Fsp3) is 0.261. The summed E-state index contributed by atoms with van der Waals surface area (Å²) >= 11 is 0. The number of rotatable bonds is 3. The van der Waals surface area contributed by atoms with Crippen LogP contribution in [0, 0.1) is 0 Å². The number of hydrogen-bond donors (Lipinski definition) is 1. The molecule has 3 aromatic heterocycles. The van der Waals surface area contributed by atoms with E-state index in [1.807, 2.05) is 36.7 Å². The summed E-state index contributed by atoms with van der Waals surface area (Å²) in [5, 5.41) is 4.53. The molecule has 1 saturated heterocycles. The number of pyridine rings is 1. The summed E-state index contributed by atoms with van der Waals surface area (Å²) in [5.74, 6) is 1.11. The third-order valence-corrected chi connectivity index (χ3v) is 6.22. The summed E-state index contributed by atoms with van der Waals surface area (Å²) in [6, 6.07) is 14.3. The lowest BCUT2D eigenvalue weighted by atomic mass is 9.84. The monoisotopic (exact) mass is 396 g/mol. The van der Waals surface area contributed by atoms with Gasteiger partial charge >= 0.3 is 0 Å². The molecule has 4 aromatic rings. The summed E-state index contributed by atoms with van der Waals surface area (Å²) in [7, 11) is 4.24. The van der Waals surface area contributed by atoms with Gasteiger partial charge in [-0.05, 0) is 44.5 Å². The van der Waals surface area contributed by atoms with Crippen LogP contribution >= 0.6 is 0 Å². The van der Waals surface area contributed by atoms with Crippen LogP contribution in [-0.2, 0) is 0 Å². The summed E-state index contributed by atoms with van der Waals surface area (Å²) in [6.07, 6.45) is 5.95. The van der Waals surface area contributed by atoms with E-state index in [1.165, 1.54) is 0 Å². The molecule has 4 heterocycles. The Balaban J connectivity index is 1.55. The Bertz CT molecular complexity index is 1180. The van der Waals surface area contributed by atoms with Crippen LogP contribution in [0.4, 0.5) is 5.82 Å². The van der Waals surface area contributed by atoms with Gasteiger partial charge in [-0.3, -0.25) is 4.98 Å². The summed E-state index contributed by atoms with van der Waals surface area (Å²) < 4.78 is 1.76. The summed E-state index contributed by atoms with van der Waals surface area (Å²) in [6.45, 7) is 2.18. The fourth-order valence-electron chi connectivity index (χ4n) is 4.33. The van der Waals surface area contributed by atoms with Crippen molar-refractivity contribution in [1.82, 2.24) is 24.5 Å². The van der Waals surface area contributed by atoms with E-state index in [0.29, 0.717) is 11.7 Å². The molecule has 0 spiro atoms. The average Bonchev–Trinajstić information content (AvgIpc) is 3.22. The first-order chi connectivity index (χ1) is 14.6. The normalized spacial score (nSPS) is 15.6. The van der Waals surface area contributed by atoms with Crippen molar-refractivity contribution in [3.8, 4) is 22.4 Å². The first-order valence-electron chi connectivity index (χ1n) is 10.5. The Morgan fingerprint density at radius 2 is 1.77 bits per heavy atom. The predicted molar refractivity (Wildman–Crippen MR) is 124 cm³/mol. The molecule has 1 aliphatic rings. The lowest BCUT2D eigenvalue weighted by Crippen LogP contribution is -2.33. The van der Waals surface area contributed by atoms with Gasteiger partial charge < -0.3 is 10.6 Å². The second kappa shape index (κ2) is 7.57. The molecule has 30 heavy (non-hydrogen) atoms. The second-order valence-corrected chi connectivity index (χ2v) is 8.18. The molecule has 6 nitrogen and oxygen atoms in total. The first kappa shape index (κ1) is 18.8. The molecule has 5 rings (SSSR count). The fourth-order valence-corrected chi connectivity index (χ4v) is 4.33. The van der Waals surface area contributed by atoms with Crippen LogP contribution in [0.15, 0.2) is 54.9 Å². The minimum absolute atomic E-state index is 0.440. The predicted octanol–water partition coefficient (Wildman–Crippen LogP) is 2.11. The van der Waals surface area contributed by atoms with Crippen molar-refractivity contribution in [2.24, 2.45) is 0 Å². The Hall–Kier alpha value is -3.19. The van der Waals surface area contributed by atoms with Gasteiger partial charge in [0, 0.05) is 34.5 Å². The van der Waals surface area contributed by atoms with Gasteiger partial charge in [0.15, 0.2) is 5.65 Å². The Kier molecular flexibility index (Phi) is 4.75. The molecule has 7 heteroatoms. The van der Waals surface area contributed by atoms with Crippen molar-refractivity contribution in [1.29, 1.82) is 0 Å². The highest BCUT2D eigenvalue weighted by atomic mass is 15.3. The van der Waals surface area contributed by atoms with E-state index >= 15 is 0 Å². The number of anilines is 1. The zero-order valence-corrected chi connectivity index (χ0v) is 17.4. The average molecular weight is 396 g/mol. The van der Waals surface area contributed by atoms with Crippen molar-refractivity contribution in [2.75, 3.05) is 25.9 Å². The lowest BCUT2D eigenvalue weighted by molar-refractivity contribution is 0.254. The van der Waals surface area contributed by atoms with Crippen molar-refractivity contribution in [2.45, 2.75) is 18.8 Å². The van der Waals surface area contributed by atoms with Crippen LogP contribution in [0.5, 0.6) is 0 Å². The molecule has 0 amide bonds. The third-order valence-electron chi connectivity index (χ3n) is 6.22. The number of aromatic nitrogens is 4. The SMILES string of the molecule is Bc1c(C2CCN(C)CC2)nc2c(-c3ccc(-c4ccccc4)nc3)cnn2c1N. The zero-order valence-electron chi connectivity index (χ0n) is 17.4. The quantitative estimate of drug-likeness (QED) is 0.537. The molecule has 150 valence electrons. The van der Waals surface area contributed by atoms with E-state index in [4.69, 9.17) is 10.7 Å². The Labute approximate surface area is 177 Å². The van der Waals surface area contributed by atoms with Crippen molar-refractivity contribution >= 4 is 24.8 Å². The molecular weight excluding hydrogens is 371 g/mol. The van der Waals surface area contributed by atoms with Gasteiger partial charge in [-0.2, -0.15) is 9.61 Å². The van der Waals surface area contributed by atoms with Crippen LogP contribution in [0.1, 0.15) is 24.5 Å². The van der Waals surface area contributed by atoms with Gasteiger partial charge in [0.1, 0.15) is 13.7 Å². The van der Waals surface area contributed by atoms with Gasteiger partial charge in [-0.1, -0.05) is 36.4 Å². The number of fused-ring (bicyclic) bond motifs is 1. The molecule has 1 aliphatic heterocycles. The summed E-state index contributed by atoms with van der Waals surface area (Å²) in [5.41, 5.74) is 13.5. The number of hydrogen-bond acceptors (Lipinski definition) is 5. The highest BCUT2D eigenvalue weighted by molar-refractivity contribution is 6.36. The van der Waals surface area contributed by atoms with Gasteiger partial charge in [-0.15, -0.1) is 0 Å². The maximum atomic E-state index is 6.48. The molecule has 1 fully saturated rings. The largest absolute Gasteiger partial charge is 0.384 e. The van der Waals surface area contributed by atoms with Crippen LogP contribution < -0.4 is 11.2 Å². The van der Waals surface area contributed by atoms with E-state index in [-0.39, 0.29) is 0 Å². The molecule has 2 N–H and O–H groups in total. The maximum absolute atomic E-state index is 6.48. The molecule has 1 aromatic carbocycles. The second-order valence-electron chi connectivity index (χ2n) is 8.18. The lowest BCUT2D eigenvalue weighted by Gasteiger charge is -2.29. The van der Waals surface area contributed by atoms with E-state index in [9.17, 15) is 0 Å². The van der Waals surface area contributed by atoms with Crippen LogP contribution in [0.25, 0.3) is 28.0 Å². The van der Waals surface area contributed by atoms with Crippen LogP contribution in [-0.4, -0.2) is 52.5 Å². The number of nitrogens with zero attached hydrogens (tertiary/aromatic N) is 5. The maximum Gasteiger partial charge on any atom is 0.165 e. The minimum Gasteiger partial charge on any atom is -0.384 e. The number of nitrogens with two attached hydrogens (primary N) is 1. The number of benzene rings is 1. The standard InChI is InChI=1S/C23H25BN6/c1-29-11-9-16(10-12-29)21-20(24)22(25)30-23(28-21)18(14-27-30)17-7-8-19(26-13-17)15-5-3-2-4-6-15/h2-8,13-14,16H,9-12,24-25H2,1H3. The smallest absolute Gasteiger partial charge is 0.165 e. The van der Waals surface area contributed by atoms with E-state index in [0.717, 1.165) is 65.1 Å². The van der Waals surface area contributed by atoms with Crippen LogP contribution in [0.3, 0.4) is 0 Å². The number of nitrogen functional groups attached to an aromatic ring is 1. The van der Waals surface area contributed by atoms with Gasteiger partial charge in [-0.25, -0.2) is 4.98 Å². The number of likely N-dealkylation sites (tertiary alicyclic amines) is 1. The molecule has 0 radical (unpaired) electrons. The Morgan fingerprint density at radius 1 is 1.00 bits per heavy atom. The number of piperidine rings is 1. The van der Waals surface area contributed by atoms with Gasteiger partial charge in [0.2, 0.25) is 0 Å². The van der Waals surface area contributed by atoms with Gasteiger partial charge in [0.05, 0.1) is 11.9 Å². The molecule has 0 aliphatic carbocycles. The minimum atomic E-state index is 0.440. The highest BCUT2D eigenvalue weighted by Gasteiger charge is 2.24. The third kappa shape index (κ3) is 3.25. The molecule has 0 saturated carbocycles. The first-order valence-corrected chi connectivity index (χ1v) is 10.5. The van der Waals surface area contributed by atoms with Crippen molar-refractivity contribution in [3.63, 3.8) is 0 Å². The molecule has 0 bridgehead atoms. The van der Waals surface area contributed by atoms with Gasteiger partial charge in [0.25, 0.3) is 0 Å². The van der Waals surface area contributed by atoms with Crippen molar-refractivity contribution in [3.05, 3.63) is 60.6 Å². The van der Waals surface area contributed by atoms with Crippen molar-refractivity contribution < 1.29 is 0 Å². The Morgan fingerprint density at radius 3 is 2.47 bits per heavy atom. The topological polar surface area (TPSA) is 72.3 Å². The van der Waals surface area contributed by atoms with E-state index < -0.39 is 0 Å². The zero-order chi connectivity index (χ0) is 20.7. The van der Waals surface area contributed by atoms with Crippen LogP contribution in [0.2, 0.25) is 0 Å². The van der Waals surface area contributed by atoms with E-state index in [1.54, 1.807) is 4.52 Å². The van der Waals surface area contributed by atoms with E-state index in [2.05, 4.69) is 48.1 Å². The molecule has 0 unspecified atom stereocenters. The summed E-state index contributed by atoms with van der Waals surface area (Å²) in [4.78, 5) is 12.1. The highest BCUT2D eigenvalue weighted by Crippen LogP contribution is 2.30. The molecule has 0 atom stereocenters.